The summed E-state index contributed by atoms with van der Waals surface area (Å²) in [6.45, 7) is 9.80. The number of ether oxygens (including phenoxy) is 10. The number of phosphoric acid groups is 1. The Labute approximate surface area is 634 Å². The summed E-state index contributed by atoms with van der Waals surface area (Å²) in [5.74, 6) is -4.74. The number of hydrogen-bond donors (Lipinski definition) is 1. The molecule has 2 aliphatic heterocycles. The van der Waals surface area contributed by atoms with Crippen molar-refractivity contribution >= 4 is 62.5 Å². The van der Waals surface area contributed by atoms with Gasteiger partial charge in [-0.05, 0) is 94.8 Å². The third-order valence-corrected chi connectivity index (χ3v) is 24.6. The maximum atomic E-state index is 15.9. The van der Waals surface area contributed by atoms with Crippen LogP contribution in [0.1, 0.15) is 97.7 Å². The van der Waals surface area contributed by atoms with Crippen LogP contribution in [-0.4, -0.2) is 125 Å². The third-order valence-electron chi connectivity index (χ3n) is 18.2. The van der Waals surface area contributed by atoms with Crippen LogP contribution >= 0.6 is 7.82 Å². The highest BCUT2D eigenvalue weighted by Gasteiger charge is 2.59. The summed E-state index contributed by atoms with van der Waals surface area (Å²) >= 11 is 0. The molecule has 10 atom stereocenters. The van der Waals surface area contributed by atoms with Gasteiger partial charge in [0.2, 0.25) is 0 Å². The van der Waals surface area contributed by atoms with Crippen LogP contribution in [0.5, 0.6) is 0 Å². The first-order valence-corrected chi connectivity index (χ1v) is 39.1. The number of hydrogen-bond acceptors (Lipinski definition) is 21. The van der Waals surface area contributed by atoms with Crippen LogP contribution < -0.4 is 15.7 Å². The van der Waals surface area contributed by atoms with Crippen molar-refractivity contribution in [2.24, 2.45) is 0 Å². The van der Waals surface area contributed by atoms with Crippen molar-refractivity contribution < 1.29 is 98.7 Å². The van der Waals surface area contributed by atoms with Gasteiger partial charge < -0.3 is 57.1 Å². The fraction of sp³-hybridized carbons (Fsp3) is 0.294. The van der Waals surface area contributed by atoms with Crippen LogP contribution in [0.3, 0.4) is 0 Å². The molecule has 2 fully saturated rings. The lowest BCUT2D eigenvalue weighted by Crippen LogP contribution is -2.69. The molecule has 1 amide bonds. The molecule has 0 unspecified atom stereocenters. The predicted octanol–water partition coefficient (Wildman–Crippen LogP) is 13.5. The van der Waals surface area contributed by atoms with E-state index in [9.17, 15) is 14.4 Å². The third kappa shape index (κ3) is 21.6. The van der Waals surface area contributed by atoms with E-state index in [2.05, 4.69) is 26.1 Å². The molecule has 22 nitrogen and oxygen atoms in total. The second-order valence-electron chi connectivity index (χ2n) is 27.4. The molecule has 0 bridgehead atoms. The summed E-state index contributed by atoms with van der Waals surface area (Å²) in [7, 11) is -8.67. The molecule has 1 N–H and O–H groups in total. The van der Waals surface area contributed by atoms with E-state index in [0.717, 1.165) is 34.0 Å². The minimum absolute atomic E-state index is 0.0356. The molecule has 568 valence electrons. The monoisotopic (exact) mass is 1520 g/mol. The summed E-state index contributed by atoms with van der Waals surface area (Å²) in [6.07, 6.45) is -17.5. The summed E-state index contributed by atoms with van der Waals surface area (Å²) in [6, 6.07) is 72.3. The predicted molar refractivity (Wildman–Crippen MR) is 404 cm³/mol. The standard InChI is InChI=1S/C85H88NO21PSi/c1-57-38-44-65(45-39-57)78(88)104-73-72(56-100-109(85(5,6)7,68-34-22-12-23-35-68)69-36-24-13-25-37-69)103-83(76(106-80(90)67-48-42-59(3)43-49-67)75(73)105-79(89)66-46-40-58(2)41-47-66)102-71-55-96-82(95-54-70(81(91)94-50-61-26-14-8-15-27-61)86-84(92)97-51-62-28-16-9-17-29-62)77(74(71)101-60(4)87)107-108(93,98-52-63-30-18-10-19-31-63)99-53-64-32-20-11-21-33-64/h8-49,70-77,82-83H,50-56H2,1-7H3,(H,86,92)/t70-,71+,72+,73-,74-,75-,76+,77+,82+,83+/m0/s1. The van der Waals surface area contributed by atoms with Gasteiger partial charge >= 0.3 is 43.8 Å². The lowest BCUT2D eigenvalue weighted by atomic mass is 9.97. The molecule has 2 saturated heterocycles. The molecule has 0 aliphatic carbocycles. The highest BCUT2D eigenvalue weighted by atomic mass is 31.2. The Hall–Kier alpha value is -10.3. The summed E-state index contributed by atoms with van der Waals surface area (Å²) in [5, 5.41) is 3.60. The van der Waals surface area contributed by atoms with Gasteiger partial charge in [0.05, 0.1) is 49.7 Å². The molecule has 24 heteroatoms. The fourth-order valence-corrected chi connectivity index (χ4v) is 18.5. The molecule has 0 aromatic heterocycles. The van der Waals surface area contributed by atoms with Gasteiger partial charge in [-0.15, -0.1) is 0 Å². The quantitative estimate of drug-likeness (QED) is 0.0183. The number of carbonyl (C=O) groups is 6. The minimum Gasteiger partial charge on any atom is -0.459 e. The molecule has 2 heterocycles. The average molecular weight is 1520 g/mol. The van der Waals surface area contributed by atoms with Crippen molar-refractivity contribution in [1.29, 1.82) is 0 Å². The molecule has 9 aromatic carbocycles. The van der Waals surface area contributed by atoms with Gasteiger partial charge in [-0.1, -0.05) is 256 Å². The van der Waals surface area contributed by atoms with Crippen molar-refractivity contribution in [3.63, 3.8) is 0 Å². The van der Waals surface area contributed by atoms with Crippen LogP contribution in [0.25, 0.3) is 0 Å². The zero-order valence-electron chi connectivity index (χ0n) is 61.5. The maximum Gasteiger partial charge on any atom is 0.476 e. The van der Waals surface area contributed by atoms with Gasteiger partial charge in [0.25, 0.3) is 8.32 Å². The van der Waals surface area contributed by atoms with Gasteiger partial charge in [-0.2, -0.15) is 0 Å². The van der Waals surface area contributed by atoms with E-state index in [1.807, 2.05) is 81.4 Å². The van der Waals surface area contributed by atoms with Gasteiger partial charge in [-0.25, -0.2) is 28.5 Å². The minimum atomic E-state index is -5.06. The Morgan fingerprint density at radius 2 is 0.881 bits per heavy atom. The Morgan fingerprint density at radius 1 is 0.477 bits per heavy atom. The van der Waals surface area contributed by atoms with Gasteiger partial charge in [0.1, 0.15) is 25.4 Å². The number of alkyl carbamates (subject to hydrolysis) is 1. The highest BCUT2D eigenvalue weighted by molar-refractivity contribution is 7.48. The van der Waals surface area contributed by atoms with Crippen LogP contribution in [0.15, 0.2) is 255 Å². The summed E-state index contributed by atoms with van der Waals surface area (Å²) in [4.78, 5) is 87.6. The van der Waals surface area contributed by atoms with E-state index in [1.165, 1.54) is 12.1 Å². The van der Waals surface area contributed by atoms with Crippen LogP contribution in [0.2, 0.25) is 5.04 Å². The molecule has 9 aromatic rings. The van der Waals surface area contributed by atoms with E-state index in [1.54, 1.807) is 182 Å². The van der Waals surface area contributed by atoms with Gasteiger partial charge in [-0.3, -0.25) is 18.4 Å². The number of phosphoric ester groups is 1. The number of aryl methyl sites for hydroxylation is 3. The molecule has 109 heavy (non-hydrogen) atoms. The SMILES string of the molecule is CC(=O)O[C@@H]1[C@@H](OP(=O)(OCc2ccccc2)OCc2ccccc2)[C@H](OC[C@H](NC(=O)OCc2ccccc2)C(=O)OCc2ccccc2)OC[C@H]1O[C@@H]1O[C@H](CO[Si](c2ccccc2)(c2ccccc2)C(C)(C)C)[C@H](OC(=O)c2ccc(C)cc2)[C@H](OC(=O)c2ccc(C)cc2)[C@H]1OC(=O)c1ccc(C)cc1. The number of esters is 5. The van der Waals surface area contributed by atoms with Crippen LogP contribution in [0, 0.1) is 20.8 Å². The molecule has 2 aliphatic rings. The van der Waals surface area contributed by atoms with Gasteiger partial charge in [0, 0.05) is 6.92 Å². The number of carbonyl (C=O) groups excluding carboxylic acids is 6. The topological polar surface area (TPSA) is 261 Å². The summed E-state index contributed by atoms with van der Waals surface area (Å²) in [5.41, 5.74) is 4.99. The van der Waals surface area contributed by atoms with E-state index < -0.39 is 138 Å². The van der Waals surface area contributed by atoms with Crippen molar-refractivity contribution in [3.8, 4) is 0 Å². The molecule has 11 rings (SSSR count). The fourth-order valence-electron chi connectivity index (χ4n) is 12.6. The Bertz CT molecular complexity index is 4400. The van der Waals surface area contributed by atoms with Crippen molar-refractivity contribution in [3.05, 3.63) is 310 Å². The molecular weight excluding hydrogens is 1430 g/mol. The highest BCUT2D eigenvalue weighted by Crippen LogP contribution is 2.54. The van der Waals surface area contributed by atoms with E-state index in [4.69, 9.17) is 65.4 Å². The normalized spacial score (nSPS) is 19.6. The van der Waals surface area contributed by atoms with E-state index in [0.29, 0.717) is 22.3 Å². The average Bonchev–Trinajstić information content (AvgIpc) is 0.745. The second kappa shape index (κ2) is 37.7. The number of nitrogens with one attached hydrogen (secondary N) is 1. The lowest BCUT2D eigenvalue weighted by molar-refractivity contribution is -0.340. The van der Waals surface area contributed by atoms with Crippen LogP contribution in [0.4, 0.5) is 4.79 Å². The number of amides is 1. The zero-order valence-corrected chi connectivity index (χ0v) is 63.4. The van der Waals surface area contributed by atoms with Gasteiger partial charge in [0.15, 0.2) is 49.1 Å². The summed E-state index contributed by atoms with van der Waals surface area (Å²) < 4.78 is 108. The number of rotatable bonds is 31. The van der Waals surface area contributed by atoms with Crippen LogP contribution in [-0.2, 0) is 106 Å². The van der Waals surface area contributed by atoms with E-state index >= 15 is 18.9 Å². The molecular formula is C85H88NO21PSi. The first-order valence-electron chi connectivity index (χ1n) is 35.7. The molecule has 0 radical (unpaired) electrons. The lowest BCUT2D eigenvalue weighted by Gasteiger charge is -2.48. The van der Waals surface area contributed by atoms with Crippen molar-refractivity contribution in [1.82, 2.24) is 5.32 Å². The Morgan fingerprint density at radius 3 is 1.31 bits per heavy atom. The molecule has 0 saturated carbocycles. The largest absolute Gasteiger partial charge is 0.476 e. The van der Waals surface area contributed by atoms with Crippen molar-refractivity contribution in [2.45, 2.75) is 141 Å². The van der Waals surface area contributed by atoms with Crippen molar-refractivity contribution in [2.75, 3.05) is 19.8 Å². The second-order valence-corrected chi connectivity index (χ2v) is 33.3. The smallest absolute Gasteiger partial charge is 0.459 e. The first kappa shape index (κ1) is 79.8. The zero-order chi connectivity index (χ0) is 76.9. The Kier molecular flexibility index (Phi) is 27.6. The maximum absolute atomic E-state index is 15.9. The Balaban J connectivity index is 1.04. The number of benzene rings is 9. The molecule has 0 spiro atoms. The van der Waals surface area contributed by atoms with E-state index in [-0.39, 0.29) is 43.1 Å². The first-order chi connectivity index (χ1) is 52.6.